The molecule has 0 N–H and O–H groups in total. The van der Waals surface area contributed by atoms with Crippen molar-refractivity contribution in [3.05, 3.63) is 77.3 Å². The highest BCUT2D eigenvalue weighted by Crippen LogP contribution is 2.29. The number of halogens is 1. The molecule has 0 bridgehead atoms. The zero-order valence-electron chi connectivity index (χ0n) is 17.1. The molecule has 1 aromatic heterocycles. The largest absolute Gasteiger partial charge is 0.457 e. The number of nitrogens with zero attached hydrogens (tertiary/aromatic N) is 2. The minimum absolute atomic E-state index is 0.610. The van der Waals surface area contributed by atoms with Crippen molar-refractivity contribution < 1.29 is 13.9 Å². The number of oxazole rings is 1. The highest BCUT2D eigenvalue weighted by Gasteiger charge is 2.12. The van der Waals surface area contributed by atoms with Gasteiger partial charge in [-0.2, -0.15) is 0 Å². The lowest BCUT2D eigenvalue weighted by atomic mass is 10.1. The molecule has 0 aliphatic carbocycles. The van der Waals surface area contributed by atoms with E-state index in [9.17, 15) is 0 Å². The fraction of sp³-hybridized carbons (Fsp3) is 0.240. The van der Waals surface area contributed by atoms with Crippen molar-refractivity contribution in [2.45, 2.75) is 6.42 Å². The van der Waals surface area contributed by atoms with Crippen LogP contribution < -0.4 is 4.74 Å². The maximum atomic E-state index is 5.96. The average molecular weight is 435 g/mol. The Labute approximate surface area is 186 Å². The van der Waals surface area contributed by atoms with Gasteiger partial charge in [0.1, 0.15) is 17.0 Å². The Hall–Kier alpha value is -2.86. The van der Waals surface area contributed by atoms with Gasteiger partial charge in [-0.25, -0.2) is 4.98 Å². The maximum absolute atomic E-state index is 5.96. The monoisotopic (exact) mass is 434 g/mol. The van der Waals surface area contributed by atoms with Crippen LogP contribution in [-0.2, 0) is 11.2 Å². The molecule has 0 unspecified atom stereocenters. The van der Waals surface area contributed by atoms with Crippen molar-refractivity contribution in [1.82, 2.24) is 9.88 Å². The smallest absolute Gasteiger partial charge is 0.227 e. The molecule has 5 nitrogen and oxygen atoms in total. The number of benzene rings is 3. The number of ether oxygens (including phenoxy) is 2. The summed E-state index contributed by atoms with van der Waals surface area (Å²) < 4.78 is 17.3. The van der Waals surface area contributed by atoms with Crippen LogP contribution in [0, 0.1) is 0 Å². The van der Waals surface area contributed by atoms with E-state index in [1.165, 1.54) is 5.56 Å². The topological polar surface area (TPSA) is 47.7 Å². The lowest BCUT2D eigenvalue weighted by Gasteiger charge is -2.26. The minimum Gasteiger partial charge on any atom is -0.457 e. The summed E-state index contributed by atoms with van der Waals surface area (Å²) in [4.78, 5) is 7.10. The van der Waals surface area contributed by atoms with Crippen LogP contribution in [0.4, 0.5) is 0 Å². The van der Waals surface area contributed by atoms with E-state index in [2.05, 4.69) is 34.1 Å². The van der Waals surface area contributed by atoms with Crippen LogP contribution in [0.5, 0.6) is 11.5 Å². The summed E-state index contributed by atoms with van der Waals surface area (Å²) in [5.74, 6) is 2.03. The molecule has 2 heterocycles. The van der Waals surface area contributed by atoms with E-state index >= 15 is 0 Å². The van der Waals surface area contributed by atoms with E-state index in [0.717, 1.165) is 61.7 Å². The van der Waals surface area contributed by atoms with E-state index in [1.807, 2.05) is 30.3 Å². The standard InChI is InChI=1S/C25H23ClN2O3/c26-20-5-7-21(8-6-20)30-22-9-10-24-23(17-22)27-25(31-24)19-3-1-18(2-4-19)11-12-28-13-15-29-16-14-28/h1-10,17H,11-16H2. The van der Waals surface area contributed by atoms with E-state index < -0.39 is 0 Å². The first kappa shape index (κ1) is 20.1. The average Bonchev–Trinajstić information content (AvgIpc) is 3.24. The summed E-state index contributed by atoms with van der Waals surface area (Å²) in [5, 5.41) is 0.677. The van der Waals surface area contributed by atoms with Gasteiger partial charge in [-0.3, -0.25) is 4.90 Å². The Bertz CT molecular complexity index is 1150. The van der Waals surface area contributed by atoms with Crippen molar-refractivity contribution in [1.29, 1.82) is 0 Å². The summed E-state index contributed by atoms with van der Waals surface area (Å²) in [5.41, 5.74) is 3.77. The Morgan fingerprint density at radius 3 is 2.42 bits per heavy atom. The number of hydrogen-bond donors (Lipinski definition) is 0. The Morgan fingerprint density at radius 1 is 0.903 bits per heavy atom. The fourth-order valence-corrected chi connectivity index (χ4v) is 3.78. The van der Waals surface area contributed by atoms with Gasteiger partial charge in [-0.05, 0) is 60.5 Å². The highest BCUT2D eigenvalue weighted by molar-refractivity contribution is 6.30. The van der Waals surface area contributed by atoms with Crippen LogP contribution in [-0.4, -0.2) is 42.7 Å². The van der Waals surface area contributed by atoms with Crippen molar-refractivity contribution in [2.75, 3.05) is 32.8 Å². The number of aromatic nitrogens is 1. The van der Waals surface area contributed by atoms with Gasteiger partial charge in [-0.15, -0.1) is 0 Å². The van der Waals surface area contributed by atoms with Crippen molar-refractivity contribution in [2.24, 2.45) is 0 Å². The first-order valence-corrected chi connectivity index (χ1v) is 10.8. The third-order valence-corrected chi connectivity index (χ3v) is 5.68. The van der Waals surface area contributed by atoms with Gasteiger partial charge in [0.2, 0.25) is 5.89 Å². The third-order valence-electron chi connectivity index (χ3n) is 5.43. The fourth-order valence-electron chi connectivity index (χ4n) is 3.66. The molecule has 31 heavy (non-hydrogen) atoms. The Kier molecular flexibility index (Phi) is 5.89. The Balaban J connectivity index is 1.27. The lowest BCUT2D eigenvalue weighted by molar-refractivity contribution is 0.0384. The number of fused-ring (bicyclic) bond motifs is 1. The Morgan fingerprint density at radius 2 is 1.65 bits per heavy atom. The molecule has 1 aliphatic heterocycles. The van der Waals surface area contributed by atoms with Crippen molar-refractivity contribution in [3.8, 4) is 23.0 Å². The summed E-state index contributed by atoms with van der Waals surface area (Å²) >= 11 is 5.93. The number of rotatable bonds is 6. The molecular weight excluding hydrogens is 412 g/mol. The van der Waals surface area contributed by atoms with Crippen LogP contribution in [0.25, 0.3) is 22.6 Å². The molecule has 0 amide bonds. The molecular formula is C25H23ClN2O3. The molecule has 3 aromatic carbocycles. The molecule has 0 saturated carbocycles. The van der Waals surface area contributed by atoms with E-state index in [4.69, 9.17) is 25.5 Å². The second-order valence-electron chi connectivity index (χ2n) is 7.61. The summed E-state index contributed by atoms with van der Waals surface area (Å²) in [6.07, 6.45) is 1.03. The second kappa shape index (κ2) is 9.10. The minimum atomic E-state index is 0.610. The van der Waals surface area contributed by atoms with E-state index in [1.54, 1.807) is 12.1 Å². The van der Waals surface area contributed by atoms with Gasteiger partial charge in [0.15, 0.2) is 5.58 Å². The zero-order valence-corrected chi connectivity index (χ0v) is 17.8. The van der Waals surface area contributed by atoms with Gasteiger partial charge in [0.05, 0.1) is 13.2 Å². The molecule has 5 rings (SSSR count). The molecule has 0 atom stereocenters. The van der Waals surface area contributed by atoms with Gasteiger partial charge < -0.3 is 13.9 Å². The summed E-state index contributed by atoms with van der Waals surface area (Å²) in [7, 11) is 0. The SMILES string of the molecule is Clc1ccc(Oc2ccc3oc(-c4ccc(CCN5CCOCC5)cc4)nc3c2)cc1. The first-order chi connectivity index (χ1) is 15.2. The van der Waals surface area contributed by atoms with Crippen molar-refractivity contribution >= 4 is 22.7 Å². The quantitative estimate of drug-likeness (QED) is 0.383. The van der Waals surface area contributed by atoms with Crippen LogP contribution in [0.3, 0.4) is 0 Å². The zero-order chi connectivity index (χ0) is 21.0. The van der Waals surface area contributed by atoms with E-state index in [0.29, 0.717) is 16.7 Å². The molecule has 0 radical (unpaired) electrons. The number of hydrogen-bond acceptors (Lipinski definition) is 5. The molecule has 158 valence electrons. The van der Waals surface area contributed by atoms with Crippen LogP contribution in [0.2, 0.25) is 5.02 Å². The van der Waals surface area contributed by atoms with E-state index in [-0.39, 0.29) is 0 Å². The van der Waals surface area contributed by atoms with Crippen LogP contribution >= 0.6 is 11.6 Å². The molecule has 0 spiro atoms. The first-order valence-electron chi connectivity index (χ1n) is 10.5. The van der Waals surface area contributed by atoms with Crippen LogP contribution in [0.1, 0.15) is 5.56 Å². The van der Waals surface area contributed by atoms with Gasteiger partial charge >= 0.3 is 0 Å². The normalized spacial score (nSPS) is 14.7. The van der Waals surface area contributed by atoms with Gasteiger partial charge in [-0.1, -0.05) is 23.7 Å². The van der Waals surface area contributed by atoms with Crippen molar-refractivity contribution in [3.63, 3.8) is 0 Å². The molecule has 1 aliphatic rings. The van der Waals surface area contributed by atoms with Crippen LogP contribution in [0.15, 0.2) is 71.1 Å². The summed E-state index contributed by atoms with van der Waals surface area (Å²) in [6, 6.07) is 21.4. The summed E-state index contributed by atoms with van der Waals surface area (Å²) in [6.45, 7) is 4.77. The van der Waals surface area contributed by atoms with Gasteiger partial charge in [0.25, 0.3) is 0 Å². The number of morpholine rings is 1. The van der Waals surface area contributed by atoms with Gasteiger partial charge in [0, 0.05) is 36.3 Å². The maximum Gasteiger partial charge on any atom is 0.227 e. The highest BCUT2D eigenvalue weighted by atomic mass is 35.5. The predicted octanol–water partition coefficient (Wildman–Crippen LogP) is 5.82. The lowest BCUT2D eigenvalue weighted by Crippen LogP contribution is -2.37. The predicted molar refractivity (Wildman–Crippen MR) is 122 cm³/mol. The molecule has 1 fully saturated rings. The molecule has 1 saturated heterocycles. The molecule has 4 aromatic rings. The third kappa shape index (κ3) is 4.90. The molecule has 6 heteroatoms. The second-order valence-corrected chi connectivity index (χ2v) is 8.04.